The van der Waals surface area contributed by atoms with E-state index in [9.17, 15) is 4.79 Å². The first kappa shape index (κ1) is 13.1. The van der Waals surface area contributed by atoms with Gasteiger partial charge < -0.3 is 10.5 Å². The van der Waals surface area contributed by atoms with Crippen molar-refractivity contribution in [2.75, 3.05) is 5.73 Å². The smallest absolute Gasteiger partial charge is 0.338 e. The number of esters is 1. The van der Waals surface area contributed by atoms with Gasteiger partial charge in [-0.1, -0.05) is 29.8 Å². The Hall–Kier alpha value is -2.29. The summed E-state index contributed by atoms with van der Waals surface area (Å²) in [7, 11) is 0. The van der Waals surface area contributed by atoms with Crippen molar-refractivity contribution in [3.63, 3.8) is 0 Å². The van der Waals surface area contributed by atoms with Crippen molar-refractivity contribution in [3.05, 3.63) is 64.7 Å². The number of anilines is 1. The van der Waals surface area contributed by atoms with Gasteiger partial charge in [-0.3, -0.25) is 0 Å². The third kappa shape index (κ3) is 3.35. The van der Waals surface area contributed by atoms with Gasteiger partial charge in [0, 0.05) is 5.69 Å². The van der Waals surface area contributed by atoms with Crippen LogP contribution in [0.3, 0.4) is 0 Å². The quantitative estimate of drug-likeness (QED) is 0.676. The number of nitrogens with two attached hydrogens (primary N) is 1. The maximum Gasteiger partial charge on any atom is 0.338 e. The van der Waals surface area contributed by atoms with Crippen LogP contribution in [0.4, 0.5) is 5.69 Å². The van der Waals surface area contributed by atoms with Crippen LogP contribution >= 0.6 is 0 Å². The van der Waals surface area contributed by atoms with Crippen molar-refractivity contribution in [1.82, 2.24) is 0 Å². The number of hydrogen-bond acceptors (Lipinski definition) is 3. The van der Waals surface area contributed by atoms with Gasteiger partial charge in [-0.15, -0.1) is 0 Å². The minimum atomic E-state index is -0.354. The zero-order chi connectivity index (χ0) is 13.8. The Kier molecular flexibility index (Phi) is 3.85. The van der Waals surface area contributed by atoms with Crippen molar-refractivity contribution in [2.45, 2.75) is 20.5 Å². The number of benzene rings is 2. The van der Waals surface area contributed by atoms with Gasteiger partial charge in [0.05, 0.1) is 5.56 Å². The molecule has 0 saturated carbocycles. The maximum absolute atomic E-state index is 11.9. The lowest BCUT2D eigenvalue weighted by Crippen LogP contribution is -2.06. The fourth-order valence-corrected chi connectivity index (χ4v) is 1.90. The minimum absolute atomic E-state index is 0.278. The molecule has 3 heteroatoms. The van der Waals surface area contributed by atoms with Gasteiger partial charge in [0.25, 0.3) is 0 Å². The molecule has 0 aliphatic carbocycles. The molecule has 2 aromatic rings. The Morgan fingerprint density at radius 3 is 2.63 bits per heavy atom. The van der Waals surface area contributed by atoms with Crippen molar-refractivity contribution in [2.24, 2.45) is 0 Å². The normalized spacial score (nSPS) is 10.2. The summed E-state index contributed by atoms with van der Waals surface area (Å²) in [5, 5.41) is 0. The first-order chi connectivity index (χ1) is 9.06. The van der Waals surface area contributed by atoms with Gasteiger partial charge in [0.2, 0.25) is 0 Å². The first-order valence-corrected chi connectivity index (χ1v) is 6.15. The number of carbonyl (C=O) groups excluding carboxylic acids is 1. The summed E-state index contributed by atoms with van der Waals surface area (Å²) in [6.07, 6.45) is 0. The molecule has 0 unspecified atom stereocenters. The average molecular weight is 255 g/mol. The maximum atomic E-state index is 11.9. The second-order valence-electron chi connectivity index (χ2n) is 4.63. The molecule has 0 spiro atoms. The van der Waals surface area contributed by atoms with Crippen LogP contribution in [0.25, 0.3) is 0 Å². The SMILES string of the molecule is Cc1ccc(COC(=O)c2cccc(N)c2)c(C)c1. The number of ether oxygens (including phenoxy) is 1. The van der Waals surface area contributed by atoms with Crippen LogP contribution in [0.2, 0.25) is 0 Å². The lowest BCUT2D eigenvalue weighted by molar-refractivity contribution is 0.0472. The van der Waals surface area contributed by atoms with Gasteiger partial charge in [-0.2, -0.15) is 0 Å². The molecule has 0 aliphatic heterocycles. The number of rotatable bonds is 3. The number of nitrogen functional groups attached to an aromatic ring is 1. The Labute approximate surface area is 113 Å². The van der Waals surface area contributed by atoms with Gasteiger partial charge in [0.1, 0.15) is 6.61 Å². The molecule has 0 atom stereocenters. The second-order valence-corrected chi connectivity index (χ2v) is 4.63. The van der Waals surface area contributed by atoms with E-state index in [0.717, 1.165) is 11.1 Å². The van der Waals surface area contributed by atoms with Crippen molar-refractivity contribution in [3.8, 4) is 0 Å². The highest BCUT2D eigenvalue weighted by atomic mass is 16.5. The summed E-state index contributed by atoms with van der Waals surface area (Å²) in [5.74, 6) is -0.354. The molecule has 0 amide bonds. The molecule has 2 N–H and O–H groups in total. The van der Waals surface area contributed by atoms with E-state index in [1.807, 2.05) is 26.0 Å². The summed E-state index contributed by atoms with van der Waals surface area (Å²) in [6.45, 7) is 4.33. The Bertz CT molecular complexity index is 605. The highest BCUT2D eigenvalue weighted by molar-refractivity contribution is 5.90. The van der Waals surface area contributed by atoms with Crippen molar-refractivity contribution in [1.29, 1.82) is 0 Å². The molecular weight excluding hydrogens is 238 g/mol. The highest BCUT2D eigenvalue weighted by Gasteiger charge is 2.08. The van der Waals surface area contributed by atoms with E-state index in [1.165, 1.54) is 5.56 Å². The molecule has 98 valence electrons. The standard InChI is InChI=1S/C16H17NO2/c1-11-6-7-14(12(2)8-11)10-19-16(18)13-4-3-5-15(17)9-13/h3-9H,10,17H2,1-2H3. The monoisotopic (exact) mass is 255 g/mol. The molecule has 0 saturated heterocycles. The third-order valence-electron chi connectivity index (χ3n) is 2.98. The van der Waals surface area contributed by atoms with E-state index < -0.39 is 0 Å². The van der Waals surface area contributed by atoms with Crippen LogP contribution < -0.4 is 5.73 Å². The molecule has 3 nitrogen and oxygen atoms in total. The Morgan fingerprint density at radius 1 is 1.16 bits per heavy atom. The van der Waals surface area contributed by atoms with Gasteiger partial charge in [-0.25, -0.2) is 4.79 Å². The molecule has 2 aromatic carbocycles. The molecule has 0 radical (unpaired) electrons. The van der Waals surface area contributed by atoms with Crippen molar-refractivity contribution < 1.29 is 9.53 Å². The van der Waals surface area contributed by atoms with Crippen LogP contribution in [0, 0.1) is 13.8 Å². The largest absolute Gasteiger partial charge is 0.457 e. The fourth-order valence-electron chi connectivity index (χ4n) is 1.90. The number of aryl methyl sites for hydroxylation is 2. The lowest BCUT2D eigenvalue weighted by atomic mass is 10.1. The lowest BCUT2D eigenvalue weighted by Gasteiger charge is -2.08. The summed E-state index contributed by atoms with van der Waals surface area (Å²) in [4.78, 5) is 11.9. The van der Waals surface area contributed by atoms with Crippen LogP contribution in [0.5, 0.6) is 0 Å². The van der Waals surface area contributed by atoms with Crippen LogP contribution in [0.15, 0.2) is 42.5 Å². The van der Waals surface area contributed by atoms with E-state index in [1.54, 1.807) is 24.3 Å². The number of carbonyl (C=O) groups is 1. The van der Waals surface area contributed by atoms with Gasteiger partial charge in [-0.05, 0) is 43.2 Å². The predicted octanol–water partition coefficient (Wildman–Crippen LogP) is 3.24. The molecule has 0 heterocycles. The van der Waals surface area contributed by atoms with Crippen LogP contribution in [-0.4, -0.2) is 5.97 Å². The number of hydrogen-bond donors (Lipinski definition) is 1. The molecule has 2 rings (SSSR count). The first-order valence-electron chi connectivity index (χ1n) is 6.15. The van der Waals surface area contributed by atoms with Gasteiger partial charge in [0.15, 0.2) is 0 Å². The zero-order valence-corrected chi connectivity index (χ0v) is 11.1. The molecule has 0 aromatic heterocycles. The van der Waals surface area contributed by atoms with E-state index in [2.05, 4.69) is 6.07 Å². The zero-order valence-electron chi connectivity index (χ0n) is 11.1. The molecule has 0 fully saturated rings. The topological polar surface area (TPSA) is 52.3 Å². The second kappa shape index (κ2) is 5.57. The molecule has 0 aliphatic rings. The van der Waals surface area contributed by atoms with E-state index in [0.29, 0.717) is 11.3 Å². The van der Waals surface area contributed by atoms with E-state index in [4.69, 9.17) is 10.5 Å². The van der Waals surface area contributed by atoms with Crippen molar-refractivity contribution >= 4 is 11.7 Å². The van der Waals surface area contributed by atoms with Crippen LogP contribution in [-0.2, 0) is 11.3 Å². The summed E-state index contributed by atoms with van der Waals surface area (Å²) in [6, 6.07) is 12.9. The highest BCUT2D eigenvalue weighted by Crippen LogP contribution is 2.13. The Morgan fingerprint density at radius 2 is 1.95 bits per heavy atom. The molecule has 19 heavy (non-hydrogen) atoms. The third-order valence-corrected chi connectivity index (χ3v) is 2.98. The predicted molar refractivity (Wildman–Crippen MR) is 75.9 cm³/mol. The summed E-state index contributed by atoms with van der Waals surface area (Å²) >= 11 is 0. The summed E-state index contributed by atoms with van der Waals surface area (Å²) < 4.78 is 5.30. The average Bonchev–Trinajstić information content (AvgIpc) is 2.37. The fraction of sp³-hybridized carbons (Fsp3) is 0.188. The minimum Gasteiger partial charge on any atom is -0.457 e. The van der Waals surface area contributed by atoms with E-state index in [-0.39, 0.29) is 12.6 Å². The van der Waals surface area contributed by atoms with Gasteiger partial charge >= 0.3 is 5.97 Å². The Balaban J connectivity index is 2.04. The molecular formula is C16H17NO2. The summed E-state index contributed by atoms with van der Waals surface area (Å²) in [5.41, 5.74) is 10.0. The molecule has 0 bridgehead atoms. The van der Waals surface area contributed by atoms with Crippen LogP contribution in [0.1, 0.15) is 27.0 Å². The van der Waals surface area contributed by atoms with E-state index >= 15 is 0 Å².